The molecule has 2 amide bonds. The fourth-order valence-electron chi connectivity index (χ4n) is 2.60. The predicted octanol–water partition coefficient (Wildman–Crippen LogP) is 1.55. The molecule has 0 radical (unpaired) electrons. The van der Waals surface area contributed by atoms with E-state index in [0.29, 0.717) is 6.54 Å². The molecule has 0 saturated carbocycles. The fourth-order valence-corrected chi connectivity index (χ4v) is 2.60. The molecule has 0 unspecified atom stereocenters. The molecule has 0 aliphatic heterocycles. The molecular weight excluding hydrogens is 318 g/mol. The maximum Gasteiger partial charge on any atom is 0.260 e. The summed E-state index contributed by atoms with van der Waals surface area (Å²) in [7, 11) is 0. The van der Waals surface area contributed by atoms with Gasteiger partial charge in [-0.3, -0.25) is 14.8 Å². The Morgan fingerprint density at radius 1 is 0.960 bits per heavy atom. The van der Waals surface area contributed by atoms with Crippen LogP contribution in [-0.4, -0.2) is 29.6 Å². The van der Waals surface area contributed by atoms with Gasteiger partial charge in [0.25, 0.3) is 5.91 Å². The first kappa shape index (κ1) is 18.6. The van der Waals surface area contributed by atoms with Crippen molar-refractivity contribution in [3.8, 4) is 0 Å². The minimum atomic E-state index is -0.908. The molecule has 2 aromatic rings. The van der Waals surface area contributed by atoms with Crippen LogP contribution < -0.4 is 16.5 Å². The lowest BCUT2D eigenvalue weighted by molar-refractivity contribution is -0.130. The maximum absolute atomic E-state index is 12.1. The highest BCUT2D eigenvalue weighted by Gasteiger charge is 2.17. The number of nitrogens with one attached hydrogen (secondary N) is 2. The highest BCUT2D eigenvalue weighted by Crippen LogP contribution is 2.23. The Morgan fingerprint density at radius 2 is 1.48 bits per heavy atom. The molecule has 0 heterocycles. The zero-order chi connectivity index (χ0) is 18.1. The second-order valence-corrected chi connectivity index (χ2v) is 5.80. The molecular formula is C19H23N3O3. The van der Waals surface area contributed by atoms with Gasteiger partial charge >= 0.3 is 0 Å². The summed E-state index contributed by atoms with van der Waals surface area (Å²) in [5.41, 5.74) is 9.28. The first-order chi connectivity index (χ1) is 12.1. The number of amides is 2. The molecule has 0 saturated heterocycles. The molecule has 0 fully saturated rings. The van der Waals surface area contributed by atoms with E-state index in [2.05, 4.69) is 5.32 Å². The Morgan fingerprint density at radius 3 is 1.96 bits per heavy atom. The monoisotopic (exact) mass is 341 g/mol. The molecule has 0 aliphatic carbocycles. The molecule has 6 nitrogen and oxygen atoms in total. The topological polar surface area (TPSA) is 104 Å². The molecule has 5 N–H and O–H groups in total. The number of carbonyl (C=O) groups is 2. The van der Waals surface area contributed by atoms with Gasteiger partial charge in [0, 0.05) is 18.9 Å². The van der Waals surface area contributed by atoms with Crippen molar-refractivity contribution >= 4 is 11.8 Å². The molecule has 2 rings (SSSR count). The maximum atomic E-state index is 12.1. The van der Waals surface area contributed by atoms with Crippen LogP contribution in [0.25, 0.3) is 0 Å². The minimum Gasteiger partial charge on any atom is -0.355 e. The number of carbonyl (C=O) groups excluding carboxylic acids is 2. The van der Waals surface area contributed by atoms with Crippen molar-refractivity contribution in [2.45, 2.75) is 24.8 Å². The molecule has 0 spiro atoms. The zero-order valence-electron chi connectivity index (χ0n) is 13.9. The summed E-state index contributed by atoms with van der Waals surface area (Å²) in [4.78, 5) is 23.2. The van der Waals surface area contributed by atoms with E-state index in [1.807, 2.05) is 60.7 Å². The van der Waals surface area contributed by atoms with Crippen LogP contribution in [0.4, 0.5) is 0 Å². The summed E-state index contributed by atoms with van der Waals surface area (Å²) in [6.07, 6.45) is 0.282. The van der Waals surface area contributed by atoms with Gasteiger partial charge in [-0.05, 0) is 17.5 Å². The van der Waals surface area contributed by atoms with E-state index in [9.17, 15) is 9.59 Å². The van der Waals surface area contributed by atoms with Crippen LogP contribution in [0.5, 0.6) is 0 Å². The number of hydrogen-bond donors (Lipinski definition) is 4. The van der Waals surface area contributed by atoms with E-state index in [4.69, 9.17) is 10.9 Å². The quantitative estimate of drug-likeness (QED) is 0.432. The predicted molar refractivity (Wildman–Crippen MR) is 94.9 cm³/mol. The first-order valence-electron chi connectivity index (χ1n) is 8.18. The van der Waals surface area contributed by atoms with E-state index in [0.717, 1.165) is 11.1 Å². The summed E-state index contributed by atoms with van der Waals surface area (Å²) in [5, 5.41) is 11.4. The summed E-state index contributed by atoms with van der Waals surface area (Å²) in [6.45, 7) is 0.453. The number of nitrogens with two attached hydrogens (primary N) is 1. The van der Waals surface area contributed by atoms with E-state index in [1.165, 1.54) is 5.48 Å². The van der Waals surface area contributed by atoms with Gasteiger partial charge in [0.1, 0.15) is 0 Å². The van der Waals surface area contributed by atoms with Gasteiger partial charge in [-0.15, -0.1) is 0 Å². The average Bonchev–Trinajstić information content (AvgIpc) is 2.67. The lowest BCUT2D eigenvalue weighted by Gasteiger charge is -2.19. The van der Waals surface area contributed by atoms with Crippen molar-refractivity contribution in [1.82, 2.24) is 10.8 Å². The minimum absolute atomic E-state index is 0.0424. The Kier molecular flexibility index (Phi) is 7.13. The Labute approximate surface area is 147 Å². The second-order valence-electron chi connectivity index (χ2n) is 5.80. The van der Waals surface area contributed by atoms with Gasteiger partial charge in [-0.1, -0.05) is 60.7 Å². The van der Waals surface area contributed by atoms with Crippen molar-refractivity contribution in [2.75, 3.05) is 6.54 Å². The molecule has 0 aromatic heterocycles. The van der Waals surface area contributed by atoms with Crippen LogP contribution >= 0.6 is 0 Å². The number of hydroxylamine groups is 1. The SMILES string of the molecule is N[C@@H](CCC(=O)NCC(c1ccccc1)c1ccccc1)C(=O)NO. The van der Waals surface area contributed by atoms with Gasteiger partial charge in [0.05, 0.1) is 6.04 Å². The summed E-state index contributed by atoms with van der Waals surface area (Å²) >= 11 is 0. The molecule has 6 heteroatoms. The first-order valence-corrected chi connectivity index (χ1v) is 8.18. The third-order valence-corrected chi connectivity index (χ3v) is 4.04. The highest BCUT2D eigenvalue weighted by molar-refractivity contribution is 5.82. The third kappa shape index (κ3) is 5.70. The smallest absolute Gasteiger partial charge is 0.260 e. The van der Waals surface area contributed by atoms with Crippen LogP contribution in [0, 0.1) is 0 Å². The molecule has 2 aromatic carbocycles. The number of benzene rings is 2. The third-order valence-electron chi connectivity index (χ3n) is 4.04. The molecule has 0 bridgehead atoms. The van der Waals surface area contributed by atoms with Gasteiger partial charge in [-0.25, -0.2) is 5.48 Å². The van der Waals surface area contributed by atoms with Crippen molar-refractivity contribution in [1.29, 1.82) is 0 Å². The van der Waals surface area contributed by atoms with E-state index in [-0.39, 0.29) is 24.7 Å². The van der Waals surface area contributed by atoms with Crippen molar-refractivity contribution in [3.05, 3.63) is 71.8 Å². The molecule has 132 valence electrons. The number of rotatable bonds is 8. The fraction of sp³-hybridized carbons (Fsp3) is 0.263. The largest absolute Gasteiger partial charge is 0.355 e. The Balaban J connectivity index is 1.96. The van der Waals surface area contributed by atoms with Crippen molar-refractivity contribution in [2.24, 2.45) is 5.73 Å². The highest BCUT2D eigenvalue weighted by atomic mass is 16.5. The summed E-state index contributed by atoms with van der Waals surface area (Å²) < 4.78 is 0. The van der Waals surface area contributed by atoms with Crippen LogP contribution in [0.15, 0.2) is 60.7 Å². The lowest BCUT2D eigenvalue weighted by Crippen LogP contribution is -2.40. The van der Waals surface area contributed by atoms with Gasteiger partial charge in [0.2, 0.25) is 5.91 Å². The normalized spacial score (nSPS) is 11.8. The van der Waals surface area contributed by atoms with Crippen LogP contribution in [0.3, 0.4) is 0 Å². The average molecular weight is 341 g/mol. The summed E-state index contributed by atoms with van der Waals surface area (Å²) in [6, 6.07) is 19.0. The standard InChI is InChI=1S/C19H23N3O3/c20-17(19(24)22-25)11-12-18(23)21-13-16(14-7-3-1-4-8-14)15-9-5-2-6-10-15/h1-10,16-17,25H,11-13,20H2,(H,21,23)(H,22,24)/t17-/m0/s1. The van der Waals surface area contributed by atoms with E-state index >= 15 is 0 Å². The number of hydrogen-bond acceptors (Lipinski definition) is 4. The van der Waals surface area contributed by atoms with Crippen LogP contribution in [0.2, 0.25) is 0 Å². The van der Waals surface area contributed by atoms with Gasteiger partial charge in [-0.2, -0.15) is 0 Å². The molecule has 1 atom stereocenters. The van der Waals surface area contributed by atoms with Crippen molar-refractivity contribution < 1.29 is 14.8 Å². The summed E-state index contributed by atoms with van der Waals surface area (Å²) in [5.74, 6) is -0.835. The zero-order valence-corrected chi connectivity index (χ0v) is 13.9. The van der Waals surface area contributed by atoms with Crippen molar-refractivity contribution in [3.63, 3.8) is 0 Å². The molecule has 25 heavy (non-hydrogen) atoms. The Bertz CT molecular complexity index is 637. The molecule has 0 aliphatic rings. The van der Waals surface area contributed by atoms with E-state index in [1.54, 1.807) is 0 Å². The van der Waals surface area contributed by atoms with E-state index < -0.39 is 11.9 Å². The van der Waals surface area contributed by atoms with Gasteiger partial charge in [0.15, 0.2) is 0 Å². The van der Waals surface area contributed by atoms with Crippen LogP contribution in [-0.2, 0) is 9.59 Å². The van der Waals surface area contributed by atoms with Crippen LogP contribution in [0.1, 0.15) is 29.9 Å². The second kappa shape index (κ2) is 9.56. The Hall–Kier alpha value is -2.70. The lowest BCUT2D eigenvalue weighted by atomic mass is 9.91. The van der Waals surface area contributed by atoms with Gasteiger partial charge < -0.3 is 11.1 Å².